The molecule has 1 aromatic heterocycles. The van der Waals surface area contributed by atoms with Gasteiger partial charge < -0.3 is 30.0 Å². The molecule has 3 aliphatic rings. The van der Waals surface area contributed by atoms with Crippen molar-refractivity contribution in [1.82, 2.24) is 26.2 Å². The summed E-state index contributed by atoms with van der Waals surface area (Å²) in [6.07, 6.45) is 5.54. The number of benzene rings is 1. The minimum Gasteiger partial charge on any atom is -0.497 e. The van der Waals surface area contributed by atoms with Crippen LogP contribution in [0.2, 0.25) is 0 Å². The lowest BCUT2D eigenvalue weighted by atomic mass is 9.91. The number of imide groups is 1. The van der Waals surface area contributed by atoms with Gasteiger partial charge in [0.05, 0.1) is 19.6 Å². The molecule has 0 saturated carbocycles. The highest BCUT2D eigenvalue weighted by molar-refractivity contribution is 6.08. The van der Waals surface area contributed by atoms with Gasteiger partial charge in [0.1, 0.15) is 17.1 Å². The van der Waals surface area contributed by atoms with Crippen molar-refractivity contribution in [3.05, 3.63) is 59.6 Å². The highest BCUT2D eigenvalue weighted by atomic mass is 16.5. The average molecular weight is 494 g/mol. The second-order valence-corrected chi connectivity index (χ2v) is 9.05. The summed E-state index contributed by atoms with van der Waals surface area (Å²) in [5, 5.41) is 11.1. The molecular formula is C25H27N5O6. The number of ether oxygens (including phenoxy) is 1. The fourth-order valence-electron chi connectivity index (χ4n) is 4.92. The third kappa shape index (κ3) is 4.06. The third-order valence-electron chi connectivity index (χ3n) is 6.74. The highest BCUT2D eigenvalue weighted by Gasteiger charge is 2.54. The van der Waals surface area contributed by atoms with Crippen LogP contribution in [0, 0.1) is 11.8 Å². The zero-order valence-electron chi connectivity index (χ0n) is 19.9. The van der Waals surface area contributed by atoms with Crippen LogP contribution >= 0.6 is 0 Å². The second-order valence-electron chi connectivity index (χ2n) is 9.05. The molecule has 11 heteroatoms. The number of hydrogen-bond donors (Lipinski definition) is 4. The van der Waals surface area contributed by atoms with Crippen LogP contribution in [-0.4, -0.2) is 55.5 Å². The monoisotopic (exact) mass is 493 g/mol. The summed E-state index contributed by atoms with van der Waals surface area (Å²) in [5.74, 6) is -0.344. The van der Waals surface area contributed by atoms with Crippen molar-refractivity contribution < 1.29 is 28.3 Å². The summed E-state index contributed by atoms with van der Waals surface area (Å²) >= 11 is 0. The van der Waals surface area contributed by atoms with Gasteiger partial charge >= 0.3 is 12.1 Å². The quantitative estimate of drug-likeness (QED) is 0.430. The lowest BCUT2D eigenvalue weighted by Gasteiger charge is -2.29. The molecule has 2 aliphatic heterocycles. The number of furan rings is 1. The highest BCUT2D eigenvalue weighted by Crippen LogP contribution is 2.37. The van der Waals surface area contributed by atoms with E-state index in [2.05, 4.69) is 21.3 Å². The number of methoxy groups -OCH3 is 1. The van der Waals surface area contributed by atoms with E-state index in [4.69, 9.17) is 9.15 Å². The first-order valence-corrected chi connectivity index (χ1v) is 11.7. The van der Waals surface area contributed by atoms with Gasteiger partial charge in [0, 0.05) is 30.9 Å². The van der Waals surface area contributed by atoms with E-state index in [0.29, 0.717) is 36.4 Å². The van der Waals surface area contributed by atoms with Crippen LogP contribution in [0.4, 0.5) is 9.59 Å². The fourth-order valence-corrected chi connectivity index (χ4v) is 4.92. The number of amides is 6. The molecule has 3 heterocycles. The Morgan fingerprint density at radius 3 is 2.81 bits per heavy atom. The Labute approximate surface area is 206 Å². The Kier molecular flexibility index (Phi) is 5.91. The minimum absolute atomic E-state index is 0.0516. The first-order chi connectivity index (χ1) is 17.3. The van der Waals surface area contributed by atoms with Gasteiger partial charge in [-0.1, -0.05) is 12.1 Å². The Morgan fingerprint density at radius 2 is 2.08 bits per heavy atom. The predicted octanol–water partition coefficient (Wildman–Crippen LogP) is 1.46. The summed E-state index contributed by atoms with van der Waals surface area (Å²) in [6.45, 7) is 2.98. The number of urea groups is 2. The SMILES string of the molecule is CCNC(=O)NCc1ccc2oc([C@]3(CN4CC5C=CC(OC)=CC5C4=O)NC(=O)NC3=O)cc2c1. The molecule has 11 nitrogen and oxygen atoms in total. The van der Waals surface area contributed by atoms with E-state index in [9.17, 15) is 19.2 Å². The molecule has 5 rings (SSSR count). The van der Waals surface area contributed by atoms with Crippen molar-refractivity contribution in [2.24, 2.45) is 11.8 Å². The predicted molar refractivity (Wildman–Crippen MR) is 128 cm³/mol. The molecule has 2 saturated heterocycles. The van der Waals surface area contributed by atoms with Crippen LogP contribution in [0.1, 0.15) is 18.2 Å². The molecule has 0 spiro atoms. The van der Waals surface area contributed by atoms with Crippen LogP contribution < -0.4 is 21.3 Å². The van der Waals surface area contributed by atoms with E-state index >= 15 is 0 Å². The van der Waals surface area contributed by atoms with E-state index < -0.39 is 23.4 Å². The van der Waals surface area contributed by atoms with Crippen molar-refractivity contribution in [2.45, 2.75) is 19.0 Å². The van der Waals surface area contributed by atoms with Crippen molar-refractivity contribution in [2.75, 3.05) is 26.7 Å². The molecule has 4 N–H and O–H groups in total. The average Bonchev–Trinajstić information content (AvgIpc) is 3.51. The first kappa shape index (κ1) is 23.5. The smallest absolute Gasteiger partial charge is 0.322 e. The molecule has 188 valence electrons. The van der Waals surface area contributed by atoms with Crippen molar-refractivity contribution in [3.63, 3.8) is 0 Å². The molecule has 3 atom stereocenters. The standard InChI is InChI=1S/C25H27N5O6/c1-3-26-23(33)27-11-14-4-7-19-16(8-14)9-20(36-19)25(22(32)28-24(34)29-25)13-30-12-15-5-6-17(35-2)10-18(15)21(30)31/h4-10,15,18H,3,11-13H2,1-2H3,(H2,26,27,33)(H2,28,29,32,34)/t15?,18?,25-/m0/s1. The summed E-state index contributed by atoms with van der Waals surface area (Å²) < 4.78 is 11.3. The van der Waals surface area contributed by atoms with Gasteiger partial charge in [-0.2, -0.15) is 0 Å². The number of nitrogens with zero attached hydrogens (tertiary/aromatic N) is 1. The Balaban J connectivity index is 1.43. The minimum atomic E-state index is -1.57. The van der Waals surface area contributed by atoms with Crippen molar-refractivity contribution in [1.29, 1.82) is 0 Å². The molecule has 0 bridgehead atoms. The van der Waals surface area contributed by atoms with Crippen LogP contribution in [0.5, 0.6) is 0 Å². The maximum atomic E-state index is 13.2. The maximum absolute atomic E-state index is 13.2. The Bertz CT molecular complexity index is 1310. The molecule has 2 unspecified atom stereocenters. The maximum Gasteiger partial charge on any atom is 0.322 e. The number of carbonyl (C=O) groups is 4. The number of fused-ring (bicyclic) bond motifs is 2. The van der Waals surface area contributed by atoms with Gasteiger partial charge in [-0.05, 0) is 42.8 Å². The number of hydrogen-bond acceptors (Lipinski definition) is 6. The van der Waals surface area contributed by atoms with E-state index in [-0.39, 0.29) is 30.2 Å². The van der Waals surface area contributed by atoms with Gasteiger partial charge in [0.15, 0.2) is 5.54 Å². The van der Waals surface area contributed by atoms with Crippen LogP contribution in [-0.2, 0) is 26.4 Å². The summed E-state index contributed by atoms with van der Waals surface area (Å²) in [5.41, 5.74) is -0.227. The van der Waals surface area contributed by atoms with E-state index in [1.165, 1.54) is 0 Å². The van der Waals surface area contributed by atoms with Gasteiger partial charge in [-0.3, -0.25) is 14.9 Å². The first-order valence-electron chi connectivity index (χ1n) is 11.7. The second kappa shape index (κ2) is 9.06. The van der Waals surface area contributed by atoms with Crippen molar-refractivity contribution >= 4 is 34.8 Å². The lowest BCUT2D eigenvalue weighted by molar-refractivity contribution is -0.133. The molecular weight excluding hydrogens is 466 g/mol. The summed E-state index contributed by atoms with van der Waals surface area (Å²) in [6, 6.07) is 6.15. The molecule has 2 aromatic rings. The summed E-state index contributed by atoms with van der Waals surface area (Å²) in [7, 11) is 1.55. The van der Waals surface area contributed by atoms with Gasteiger partial charge in [0.25, 0.3) is 5.91 Å². The Hall–Kier alpha value is -4.28. The zero-order chi connectivity index (χ0) is 25.4. The van der Waals surface area contributed by atoms with Crippen molar-refractivity contribution in [3.8, 4) is 0 Å². The zero-order valence-corrected chi connectivity index (χ0v) is 19.9. The van der Waals surface area contributed by atoms with Crippen LogP contribution in [0.25, 0.3) is 11.0 Å². The largest absolute Gasteiger partial charge is 0.497 e. The number of allylic oxidation sites excluding steroid dienone is 1. The van der Waals surface area contributed by atoms with Crippen LogP contribution in [0.3, 0.4) is 0 Å². The van der Waals surface area contributed by atoms with Crippen LogP contribution in [0.15, 0.2) is 52.7 Å². The fraction of sp³-hybridized carbons (Fsp3) is 0.360. The van der Waals surface area contributed by atoms with E-state index in [0.717, 1.165) is 5.56 Å². The topological polar surface area (TPSA) is 142 Å². The molecule has 2 fully saturated rings. The Morgan fingerprint density at radius 1 is 1.25 bits per heavy atom. The van der Waals surface area contributed by atoms with E-state index in [1.54, 1.807) is 30.2 Å². The van der Waals surface area contributed by atoms with E-state index in [1.807, 2.05) is 31.2 Å². The molecule has 6 amide bonds. The summed E-state index contributed by atoms with van der Waals surface area (Å²) in [4.78, 5) is 51.8. The number of rotatable bonds is 7. The molecule has 1 aromatic carbocycles. The van der Waals surface area contributed by atoms with Gasteiger partial charge in [0.2, 0.25) is 5.91 Å². The number of carbonyl (C=O) groups excluding carboxylic acids is 4. The van der Waals surface area contributed by atoms with Gasteiger partial charge in [-0.15, -0.1) is 0 Å². The molecule has 1 aliphatic carbocycles. The number of nitrogens with one attached hydrogen (secondary N) is 4. The molecule has 0 radical (unpaired) electrons. The van der Waals surface area contributed by atoms with Gasteiger partial charge in [-0.25, -0.2) is 9.59 Å². The lowest BCUT2D eigenvalue weighted by Crippen LogP contribution is -2.53. The number of likely N-dealkylation sites (tertiary alicyclic amines) is 1. The molecule has 36 heavy (non-hydrogen) atoms. The third-order valence-corrected chi connectivity index (χ3v) is 6.74. The normalized spacial score (nSPS) is 24.9.